The van der Waals surface area contributed by atoms with Gasteiger partial charge in [-0.1, -0.05) is 12.1 Å². The van der Waals surface area contributed by atoms with E-state index in [1.807, 2.05) is 6.92 Å². The molecule has 1 aromatic rings. The first-order valence-electron chi connectivity index (χ1n) is 5.95. The number of hydrogen-bond donors (Lipinski definition) is 1. The summed E-state index contributed by atoms with van der Waals surface area (Å²) < 4.78 is 44.5. The van der Waals surface area contributed by atoms with Crippen molar-refractivity contribution in [2.24, 2.45) is 0 Å². The predicted molar refractivity (Wildman–Crippen MR) is 60.2 cm³/mol. The second-order valence-electron chi connectivity index (χ2n) is 5.16. The summed E-state index contributed by atoms with van der Waals surface area (Å²) in [5.74, 6) is 0.00329. The quantitative estimate of drug-likeness (QED) is 0.771. The van der Waals surface area contributed by atoms with Crippen LogP contribution in [0.2, 0.25) is 0 Å². The largest absolute Gasteiger partial charge is 0.416 e. The third kappa shape index (κ3) is 1.65. The van der Waals surface area contributed by atoms with Crippen molar-refractivity contribution in [3.8, 4) is 0 Å². The highest BCUT2D eigenvalue weighted by Gasteiger charge is 2.46. The van der Waals surface area contributed by atoms with Crippen LogP contribution in [0.15, 0.2) is 18.2 Å². The number of nitrogens with one attached hydrogen (secondary N) is 1. The molecule has 1 aromatic carbocycles. The number of benzene rings is 1. The number of rotatable bonds is 0. The lowest BCUT2D eigenvalue weighted by atomic mass is 9.80. The van der Waals surface area contributed by atoms with Gasteiger partial charge >= 0.3 is 6.18 Å². The summed E-state index contributed by atoms with van der Waals surface area (Å²) in [5, 5.41) is 3.20. The minimum absolute atomic E-state index is 0.00329. The van der Waals surface area contributed by atoms with E-state index >= 15 is 0 Å². The SMILES string of the molecule is C[C@]12CNC[C@H]1c1cccc(C(F)(F)F)c1CO2. The molecule has 3 rings (SSSR count). The Kier molecular flexibility index (Phi) is 2.47. The smallest absolute Gasteiger partial charge is 0.369 e. The zero-order chi connectivity index (χ0) is 13.0. The lowest BCUT2D eigenvalue weighted by molar-refractivity contribution is -0.140. The molecular weight excluding hydrogens is 243 g/mol. The summed E-state index contributed by atoms with van der Waals surface area (Å²) in [6, 6.07) is 4.42. The second kappa shape index (κ2) is 3.71. The van der Waals surface area contributed by atoms with Gasteiger partial charge in [-0.15, -0.1) is 0 Å². The first-order valence-corrected chi connectivity index (χ1v) is 5.95. The van der Waals surface area contributed by atoms with E-state index in [-0.39, 0.29) is 18.1 Å². The van der Waals surface area contributed by atoms with Gasteiger partial charge in [0, 0.05) is 19.0 Å². The molecule has 2 nitrogen and oxygen atoms in total. The van der Waals surface area contributed by atoms with Crippen molar-refractivity contribution >= 4 is 0 Å². The topological polar surface area (TPSA) is 21.3 Å². The third-order valence-corrected chi connectivity index (χ3v) is 4.00. The highest BCUT2D eigenvalue weighted by molar-refractivity contribution is 5.42. The molecule has 2 atom stereocenters. The van der Waals surface area contributed by atoms with E-state index in [1.54, 1.807) is 6.07 Å². The number of hydrogen-bond acceptors (Lipinski definition) is 2. The van der Waals surface area contributed by atoms with Gasteiger partial charge in [-0.3, -0.25) is 0 Å². The Morgan fingerprint density at radius 3 is 2.89 bits per heavy atom. The fourth-order valence-corrected chi connectivity index (χ4v) is 2.99. The molecule has 0 saturated carbocycles. The molecule has 0 radical (unpaired) electrons. The van der Waals surface area contributed by atoms with Crippen molar-refractivity contribution in [2.45, 2.75) is 31.2 Å². The summed E-state index contributed by atoms with van der Waals surface area (Å²) in [6.07, 6.45) is -4.31. The molecule has 5 heteroatoms. The summed E-state index contributed by atoms with van der Waals surface area (Å²) in [4.78, 5) is 0. The van der Waals surface area contributed by atoms with Crippen molar-refractivity contribution < 1.29 is 17.9 Å². The van der Waals surface area contributed by atoms with Gasteiger partial charge in [0.05, 0.1) is 17.8 Å². The Labute approximate surface area is 103 Å². The van der Waals surface area contributed by atoms with E-state index in [1.165, 1.54) is 6.07 Å². The molecule has 0 aromatic heterocycles. The van der Waals surface area contributed by atoms with Crippen LogP contribution in [0.4, 0.5) is 13.2 Å². The van der Waals surface area contributed by atoms with Gasteiger partial charge in [0.25, 0.3) is 0 Å². The average molecular weight is 257 g/mol. The van der Waals surface area contributed by atoms with Crippen molar-refractivity contribution in [3.63, 3.8) is 0 Å². The first kappa shape index (κ1) is 12.0. The fourth-order valence-electron chi connectivity index (χ4n) is 2.99. The van der Waals surface area contributed by atoms with Gasteiger partial charge in [0.15, 0.2) is 0 Å². The van der Waals surface area contributed by atoms with Crippen LogP contribution in [0.1, 0.15) is 29.5 Å². The molecule has 0 spiro atoms. The molecule has 0 aliphatic carbocycles. The van der Waals surface area contributed by atoms with Crippen LogP contribution in [-0.2, 0) is 17.5 Å². The fraction of sp³-hybridized carbons (Fsp3) is 0.538. The van der Waals surface area contributed by atoms with Crippen LogP contribution in [0.25, 0.3) is 0 Å². The summed E-state index contributed by atoms with van der Waals surface area (Å²) in [5.41, 5.74) is 0.144. The maximum absolute atomic E-state index is 12.9. The van der Waals surface area contributed by atoms with Gasteiger partial charge in [-0.05, 0) is 24.1 Å². The molecule has 2 aliphatic heterocycles. The number of fused-ring (bicyclic) bond motifs is 3. The van der Waals surface area contributed by atoms with Gasteiger partial charge < -0.3 is 10.1 Å². The zero-order valence-corrected chi connectivity index (χ0v) is 9.97. The molecule has 1 fully saturated rings. The highest BCUT2D eigenvalue weighted by atomic mass is 19.4. The molecule has 1 saturated heterocycles. The van der Waals surface area contributed by atoms with E-state index in [0.717, 1.165) is 11.6 Å². The average Bonchev–Trinajstić information content (AvgIpc) is 2.69. The van der Waals surface area contributed by atoms with E-state index in [4.69, 9.17) is 4.74 Å². The van der Waals surface area contributed by atoms with Gasteiger partial charge in [-0.25, -0.2) is 0 Å². The maximum atomic E-state index is 12.9. The summed E-state index contributed by atoms with van der Waals surface area (Å²) in [7, 11) is 0. The van der Waals surface area contributed by atoms with Crippen molar-refractivity contribution in [3.05, 3.63) is 34.9 Å². The Bertz CT molecular complexity index is 486. The lowest BCUT2D eigenvalue weighted by Crippen LogP contribution is -2.40. The van der Waals surface area contributed by atoms with Gasteiger partial charge in [0.2, 0.25) is 0 Å². The molecule has 0 unspecified atom stereocenters. The number of alkyl halides is 3. The van der Waals surface area contributed by atoms with Crippen LogP contribution < -0.4 is 5.32 Å². The molecule has 1 N–H and O–H groups in total. The molecule has 98 valence electrons. The Balaban J connectivity index is 2.12. The van der Waals surface area contributed by atoms with Crippen LogP contribution in [-0.4, -0.2) is 18.7 Å². The van der Waals surface area contributed by atoms with E-state index < -0.39 is 11.7 Å². The summed E-state index contributed by atoms with van der Waals surface area (Å²) >= 11 is 0. The Hall–Kier alpha value is -1.07. The number of ether oxygens (including phenoxy) is 1. The lowest BCUT2D eigenvalue weighted by Gasteiger charge is -2.38. The monoisotopic (exact) mass is 257 g/mol. The Morgan fingerprint density at radius 1 is 1.39 bits per heavy atom. The Morgan fingerprint density at radius 2 is 2.17 bits per heavy atom. The predicted octanol–water partition coefficient (Wildman–Crippen LogP) is 2.68. The minimum Gasteiger partial charge on any atom is -0.369 e. The first-order chi connectivity index (χ1) is 8.42. The molecule has 0 bridgehead atoms. The van der Waals surface area contributed by atoms with Crippen LogP contribution >= 0.6 is 0 Å². The molecule has 18 heavy (non-hydrogen) atoms. The van der Waals surface area contributed by atoms with E-state index in [0.29, 0.717) is 18.7 Å². The van der Waals surface area contributed by atoms with Crippen molar-refractivity contribution in [2.75, 3.05) is 13.1 Å². The van der Waals surface area contributed by atoms with Crippen LogP contribution in [0.3, 0.4) is 0 Å². The zero-order valence-electron chi connectivity index (χ0n) is 9.97. The molecule has 0 amide bonds. The van der Waals surface area contributed by atoms with Crippen LogP contribution in [0, 0.1) is 0 Å². The highest BCUT2D eigenvalue weighted by Crippen LogP contribution is 2.44. The van der Waals surface area contributed by atoms with E-state index in [9.17, 15) is 13.2 Å². The molecule has 2 aliphatic rings. The maximum Gasteiger partial charge on any atom is 0.416 e. The van der Waals surface area contributed by atoms with Gasteiger partial charge in [0.1, 0.15) is 0 Å². The van der Waals surface area contributed by atoms with Crippen molar-refractivity contribution in [1.82, 2.24) is 5.32 Å². The van der Waals surface area contributed by atoms with E-state index in [2.05, 4.69) is 5.32 Å². The second-order valence-corrected chi connectivity index (χ2v) is 5.16. The normalized spacial score (nSPS) is 31.0. The summed E-state index contributed by atoms with van der Waals surface area (Å²) in [6.45, 7) is 3.36. The third-order valence-electron chi connectivity index (χ3n) is 4.00. The van der Waals surface area contributed by atoms with Gasteiger partial charge in [-0.2, -0.15) is 13.2 Å². The van der Waals surface area contributed by atoms with Crippen LogP contribution in [0.5, 0.6) is 0 Å². The van der Waals surface area contributed by atoms with Crippen molar-refractivity contribution in [1.29, 1.82) is 0 Å². The molecule has 2 heterocycles. The molecular formula is C13H14F3NO. The number of halogens is 3. The standard InChI is InChI=1S/C13H14F3NO/c1-12-7-17-5-11(12)8-3-2-4-10(13(14,15)16)9(8)6-18-12/h2-4,11,17H,5-7H2,1H3/t11-,12-/m0/s1. The minimum atomic E-state index is -4.31.